The van der Waals surface area contributed by atoms with Crippen LogP contribution < -0.4 is 5.32 Å². The molecule has 3 rings (SSSR count). The van der Waals surface area contributed by atoms with Crippen molar-refractivity contribution < 1.29 is 19.4 Å². The Labute approximate surface area is 194 Å². The van der Waals surface area contributed by atoms with Gasteiger partial charge in [0.1, 0.15) is 11.4 Å². The Kier molecular flexibility index (Phi) is 9.82. The molecule has 2 N–H and O–H groups in total. The Balaban J connectivity index is 1.27. The molecule has 1 unspecified atom stereocenters. The van der Waals surface area contributed by atoms with E-state index in [2.05, 4.69) is 32.6 Å². The van der Waals surface area contributed by atoms with E-state index in [1.165, 1.54) is 16.9 Å². The average molecular weight is 462 g/mol. The lowest BCUT2D eigenvalue weighted by atomic mass is 10.1. The molecule has 2 aromatic rings. The first-order valence-electron chi connectivity index (χ1n) is 11.8. The van der Waals surface area contributed by atoms with Crippen LogP contribution >= 0.6 is 0 Å². The molecule has 0 radical (unpaired) electrons. The Morgan fingerprint density at radius 1 is 1.21 bits per heavy atom. The van der Waals surface area contributed by atoms with Crippen molar-refractivity contribution in [1.29, 1.82) is 0 Å². The highest BCUT2D eigenvalue weighted by Gasteiger charge is 2.17. The molecule has 0 aromatic carbocycles. The molecule has 33 heavy (non-hydrogen) atoms. The number of carbonyl (C=O) groups is 2. The molecule has 0 spiro atoms. The van der Waals surface area contributed by atoms with E-state index in [1.807, 2.05) is 6.20 Å². The maximum absolute atomic E-state index is 12.3. The van der Waals surface area contributed by atoms with Crippen molar-refractivity contribution in [2.75, 3.05) is 32.8 Å². The van der Waals surface area contributed by atoms with E-state index in [0.717, 1.165) is 71.5 Å². The minimum absolute atomic E-state index is 0.125. The molecule has 182 valence electrons. The van der Waals surface area contributed by atoms with Crippen LogP contribution in [0.4, 0.5) is 0 Å². The Morgan fingerprint density at radius 3 is 2.76 bits per heavy atom. The number of hydrogen-bond acceptors (Lipinski definition) is 7. The van der Waals surface area contributed by atoms with Gasteiger partial charge in [0.2, 0.25) is 5.91 Å². The highest BCUT2D eigenvalue weighted by molar-refractivity contribution is 5.85. The molecule has 3 heterocycles. The van der Waals surface area contributed by atoms with E-state index in [1.54, 1.807) is 4.68 Å². The van der Waals surface area contributed by atoms with Crippen LogP contribution in [0.1, 0.15) is 61.6 Å². The molecular formula is C22H35N7O4. The highest BCUT2D eigenvalue weighted by Crippen LogP contribution is 2.08. The summed E-state index contributed by atoms with van der Waals surface area (Å²) >= 11 is 0. The fourth-order valence-electron chi connectivity index (χ4n) is 3.90. The zero-order chi connectivity index (χ0) is 23.5. The predicted molar refractivity (Wildman–Crippen MR) is 121 cm³/mol. The van der Waals surface area contributed by atoms with E-state index >= 15 is 0 Å². The standard InChI is InChI=1S/C22H35N7O4/c1-2-18(15-27-11-13-33-14-12-27)24-21(30)7-5-3-4-6-10-28-16-19(25-26-28)17-29-20(22(31)32)8-9-23-29/h8-9,16,18H,2-7,10-15,17H2,1H3,(H,24,30)(H,31,32). The van der Waals surface area contributed by atoms with Crippen molar-refractivity contribution >= 4 is 11.9 Å². The van der Waals surface area contributed by atoms with Crippen LogP contribution in [-0.4, -0.2) is 85.5 Å². The summed E-state index contributed by atoms with van der Waals surface area (Å²) in [5.74, 6) is -0.883. The Hall–Kier alpha value is -2.79. The van der Waals surface area contributed by atoms with Crippen molar-refractivity contribution in [3.63, 3.8) is 0 Å². The smallest absolute Gasteiger partial charge is 0.354 e. The summed E-state index contributed by atoms with van der Waals surface area (Å²) < 4.78 is 8.54. The van der Waals surface area contributed by atoms with Crippen LogP contribution in [-0.2, 0) is 22.6 Å². The van der Waals surface area contributed by atoms with Gasteiger partial charge in [0.25, 0.3) is 0 Å². The SMILES string of the molecule is CCC(CN1CCOCC1)NC(=O)CCCCCCn1cc(Cn2nccc2C(=O)O)nn1. The van der Waals surface area contributed by atoms with Gasteiger partial charge in [0.15, 0.2) is 0 Å². The van der Waals surface area contributed by atoms with Gasteiger partial charge < -0.3 is 15.2 Å². The quantitative estimate of drug-likeness (QED) is 0.404. The number of amides is 1. The molecule has 0 bridgehead atoms. The predicted octanol–water partition coefficient (Wildman–Crippen LogP) is 1.40. The fraction of sp³-hybridized carbons (Fsp3) is 0.682. The topological polar surface area (TPSA) is 127 Å². The summed E-state index contributed by atoms with van der Waals surface area (Å²) in [6.07, 6.45) is 8.59. The monoisotopic (exact) mass is 461 g/mol. The third kappa shape index (κ3) is 8.25. The summed E-state index contributed by atoms with van der Waals surface area (Å²) in [6, 6.07) is 1.66. The number of aromatic nitrogens is 5. The van der Waals surface area contributed by atoms with Crippen molar-refractivity contribution in [2.45, 2.75) is 64.6 Å². The number of unbranched alkanes of at least 4 members (excludes halogenated alkanes) is 3. The van der Waals surface area contributed by atoms with Gasteiger partial charge >= 0.3 is 5.97 Å². The fourth-order valence-corrected chi connectivity index (χ4v) is 3.90. The largest absolute Gasteiger partial charge is 0.477 e. The van der Waals surface area contributed by atoms with Crippen molar-refractivity contribution in [3.8, 4) is 0 Å². The van der Waals surface area contributed by atoms with E-state index in [4.69, 9.17) is 9.84 Å². The molecule has 0 aliphatic carbocycles. The summed E-state index contributed by atoms with van der Waals surface area (Å²) in [6.45, 7) is 7.44. The Morgan fingerprint density at radius 2 is 2.00 bits per heavy atom. The lowest BCUT2D eigenvalue weighted by Crippen LogP contribution is -2.47. The lowest BCUT2D eigenvalue weighted by molar-refractivity contribution is -0.122. The highest BCUT2D eigenvalue weighted by atomic mass is 16.5. The number of morpholine rings is 1. The minimum Gasteiger partial charge on any atom is -0.477 e. The number of hydrogen-bond donors (Lipinski definition) is 2. The van der Waals surface area contributed by atoms with E-state index in [9.17, 15) is 9.59 Å². The van der Waals surface area contributed by atoms with Crippen molar-refractivity contribution in [2.24, 2.45) is 0 Å². The first-order chi connectivity index (χ1) is 16.0. The summed E-state index contributed by atoms with van der Waals surface area (Å²) in [4.78, 5) is 25.8. The maximum Gasteiger partial charge on any atom is 0.354 e. The lowest BCUT2D eigenvalue weighted by Gasteiger charge is -2.30. The zero-order valence-electron chi connectivity index (χ0n) is 19.4. The third-order valence-corrected chi connectivity index (χ3v) is 5.81. The molecular weight excluding hydrogens is 426 g/mol. The normalized spacial score (nSPS) is 15.4. The summed E-state index contributed by atoms with van der Waals surface area (Å²) in [7, 11) is 0. The van der Waals surface area contributed by atoms with Gasteiger partial charge in [-0.15, -0.1) is 5.10 Å². The molecule has 11 heteroatoms. The van der Waals surface area contributed by atoms with E-state index in [0.29, 0.717) is 12.1 Å². The van der Waals surface area contributed by atoms with Crippen LogP contribution in [0, 0.1) is 0 Å². The minimum atomic E-state index is -1.02. The molecule has 1 aliphatic heterocycles. The van der Waals surface area contributed by atoms with E-state index in [-0.39, 0.29) is 24.2 Å². The maximum atomic E-state index is 12.3. The van der Waals surface area contributed by atoms with Gasteiger partial charge in [-0.05, 0) is 25.3 Å². The molecule has 0 saturated carbocycles. The number of nitrogens with zero attached hydrogens (tertiary/aromatic N) is 6. The van der Waals surface area contributed by atoms with Gasteiger partial charge in [0.05, 0.1) is 26.0 Å². The number of aryl methyl sites for hydroxylation is 1. The number of nitrogens with one attached hydrogen (secondary N) is 1. The number of carboxylic acid groups (broad SMARTS) is 1. The van der Waals surface area contributed by atoms with Gasteiger partial charge in [0, 0.05) is 44.8 Å². The van der Waals surface area contributed by atoms with E-state index < -0.39 is 5.97 Å². The van der Waals surface area contributed by atoms with Crippen LogP contribution in [0.15, 0.2) is 18.5 Å². The molecule has 11 nitrogen and oxygen atoms in total. The zero-order valence-corrected chi connectivity index (χ0v) is 19.4. The molecule has 1 fully saturated rings. The van der Waals surface area contributed by atoms with Crippen molar-refractivity contribution in [1.82, 2.24) is 35.0 Å². The second-order valence-corrected chi connectivity index (χ2v) is 8.40. The molecule has 1 aliphatic rings. The summed E-state index contributed by atoms with van der Waals surface area (Å²) in [5.41, 5.74) is 0.792. The molecule has 1 atom stereocenters. The number of aromatic carboxylic acids is 1. The molecule has 2 aromatic heterocycles. The van der Waals surface area contributed by atoms with Crippen LogP contribution in [0.5, 0.6) is 0 Å². The van der Waals surface area contributed by atoms with Gasteiger partial charge in [-0.3, -0.25) is 19.1 Å². The number of carbonyl (C=O) groups excluding carboxylic acids is 1. The summed E-state index contributed by atoms with van der Waals surface area (Å²) in [5, 5.41) is 24.6. The third-order valence-electron chi connectivity index (χ3n) is 5.81. The average Bonchev–Trinajstić information content (AvgIpc) is 3.46. The van der Waals surface area contributed by atoms with Gasteiger partial charge in [-0.25, -0.2) is 4.79 Å². The van der Waals surface area contributed by atoms with Crippen LogP contribution in [0.2, 0.25) is 0 Å². The van der Waals surface area contributed by atoms with Crippen molar-refractivity contribution in [3.05, 3.63) is 29.8 Å². The van der Waals surface area contributed by atoms with Gasteiger partial charge in [-0.1, -0.05) is 25.0 Å². The van der Waals surface area contributed by atoms with Gasteiger partial charge in [-0.2, -0.15) is 5.10 Å². The second-order valence-electron chi connectivity index (χ2n) is 8.40. The molecule has 1 amide bonds. The Bertz CT molecular complexity index is 876. The van der Waals surface area contributed by atoms with Crippen LogP contribution in [0.3, 0.4) is 0 Å². The molecule has 1 saturated heterocycles. The first kappa shape index (κ1) is 24.8. The number of ether oxygens (including phenoxy) is 1. The second kappa shape index (κ2) is 13.0. The number of rotatable bonds is 14. The first-order valence-corrected chi connectivity index (χ1v) is 11.8. The van der Waals surface area contributed by atoms with Crippen LogP contribution in [0.25, 0.3) is 0 Å². The number of carboxylic acids is 1.